The molecule has 1 rings (SSSR count). The van der Waals surface area contributed by atoms with Crippen molar-refractivity contribution in [3.8, 4) is 0 Å². The average Bonchev–Trinajstić information content (AvgIpc) is 2.44. The Balaban J connectivity index is -0.000000133. The van der Waals surface area contributed by atoms with Crippen molar-refractivity contribution in [3.63, 3.8) is 0 Å². The van der Waals surface area contributed by atoms with Crippen molar-refractivity contribution in [2.75, 3.05) is 0 Å². The van der Waals surface area contributed by atoms with E-state index < -0.39 is 0 Å². The van der Waals surface area contributed by atoms with E-state index in [1.54, 1.807) is 0 Å². The second-order valence-corrected chi connectivity index (χ2v) is 9.24. The Morgan fingerprint density at radius 1 is 0.840 bits per heavy atom. The van der Waals surface area contributed by atoms with Crippen LogP contribution in [0.5, 0.6) is 0 Å². The summed E-state index contributed by atoms with van der Waals surface area (Å²) in [6.07, 6.45) is 2.56. The smallest absolute Gasteiger partial charge is 0.403 e. The quantitative estimate of drug-likeness (QED) is 0.436. The fourth-order valence-electron chi connectivity index (χ4n) is 1.39. The summed E-state index contributed by atoms with van der Waals surface area (Å²) in [5.41, 5.74) is -0.277. The van der Waals surface area contributed by atoms with Crippen LogP contribution in [0.15, 0.2) is 0 Å². The molecule has 1 saturated heterocycles. The Morgan fingerprint density at radius 2 is 1.12 bits per heavy atom. The second kappa shape index (κ2) is 11.8. The fourth-order valence-corrected chi connectivity index (χ4v) is 1.39. The van der Waals surface area contributed by atoms with Gasteiger partial charge in [0.15, 0.2) is 0 Å². The zero-order valence-electron chi connectivity index (χ0n) is 17.1. The molecule has 0 radical (unpaired) electrons. The van der Waals surface area contributed by atoms with Gasteiger partial charge < -0.3 is 18.9 Å². The number of carbonyl (C=O) groups is 2. The van der Waals surface area contributed by atoms with Gasteiger partial charge in [-0.3, -0.25) is 0 Å². The summed E-state index contributed by atoms with van der Waals surface area (Å²) >= 11 is 0. The molecule has 0 unspecified atom stereocenters. The van der Waals surface area contributed by atoms with E-state index in [4.69, 9.17) is 9.31 Å². The number of aldehydes is 2. The predicted octanol–water partition coefficient (Wildman–Crippen LogP) is 5.83. The van der Waals surface area contributed by atoms with Gasteiger partial charge in [0.2, 0.25) is 0 Å². The van der Waals surface area contributed by atoms with Gasteiger partial charge in [-0.2, -0.15) is 0 Å². The maximum absolute atomic E-state index is 9.83. The second-order valence-electron chi connectivity index (χ2n) is 9.24. The highest BCUT2D eigenvalue weighted by Crippen LogP contribution is 2.36. The highest BCUT2D eigenvalue weighted by molar-refractivity contribution is 6.43. The SMILES string of the molecule is C.C.CB1OC(C)(C)C(C)(C)O1.CC(C)(C)C=O.CC(C)(C)CC=O. The van der Waals surface area contributed by atoms with E-state index in [-0.39, 0.29) is 44.0 Å². The van der Waals surface area contributed by atoms with Gasteiger partial charge in [0.05, 0.1) is 11.2 Å². The first-order chi connectivity index (χ1) is 9.97. The molecule has 1 heterocycles. The Morgan fingerprint density at radius 3 is 1.16 bits per heavy atom. The molecule has 152 valence electrons. The maximum atomic E-state index is 9.83. The summed E-state index contributed by atoms with van der Waals surface area (Å²) in [5.74, 6) is 0. The molecule has 0 saturated carbocycles. The van der Waals surface area contributed by atoms with Crippen LogP contribution in [0.2, 0.25) is 6.82 Å². The summed E-state index contributed by atoms with van der Waals surface area (Å²) in [5, 5.41) is 0. The molecule has 0 atom stereocenters. The van der Waals surface area contributed by atoms with Gasteiger partial charge in [-0.1, -0.05) is 56.4 Å². The number of rotatable bonds is 1. The molecule has 0 bridgehead atoms. The van der Waals surface area contributed by atoms with Crippen LogP contribution in [-0.4, -0.2) is 30.9 Å². The van der Waals surface area contributed by atoms with Crippen LogP contribution >= 0.6 is 0 Å². The molecule has 0 aromatic rings. The first-order valence-electron chi connectivity index (χ1n) is 8.23. The van der Waals surface area contributed by atoms with Gasteiger partial charge in [-0.15, -0.1) is 0 Å². The number of hydrogen-bond donors (Lipinski definition) is 0. The average molecular weight is 360 g/mol. The van der Waals surface area contributed by atoms with Gasteiger partial charge in [0, 0.05) is 11.8 Å². The molecule has 0 aliphatic carbocycles. The van der Waals surface area contributed by atoms with Crippen molar-refractivity contribution in [2.45, 2.75) is 109 Å². The summed E-state index contributed by atoms with van der Waals surface area (Å²) in [7, 11) is -0.0648. The van der Waals surface area contributed by atoms with Crippen LogP contribution in [0, 0.1) is 10.8 Å². The van der Waals surface area contributed by atoms with E-state index in [9.17, 15) is 9.59 Å². The molecular weight excluding hydrogens is 315 g/mol. The monoisotopic (exact) mass is 360 g/mol. The van der Waals surface area contributed by atoms with Gasteiger partial charge in [0.1, 0.15) is 12.6 Å². The summed E-state index contributed by atoms with van der Waals surface area (Å²) in [6, 6.07) is 0. The lowest BCUT2D eigenvalue weighted by Gasteiger charge is -2.32. The van der Waals surface area contributed by atoms with Crippen molar-refractivity contribution in [2.24, 2.45) is 10.8 Å². The van der Waals surface area contributed by atoms with Gasteiger partial charge in [-0.25, -0.2) is 0 Å². The summed E-state index contributed by atoms with van der Waals surface area (Å²) in [6.45, 7) is 21.9. The lowest BCUT2D eigenvalue weighted by Crippen LogP contribution is -2.41. The molecule has 1 aliphatic heterocycles. The molecule has 1 aliphatic rings. The lowest BCUT2D eigenvalue weighted by atomic mass is 9.90. The molecule has 25 heavy (non-hydrogen) atoms. The van der Waals surface area contributed by atoms with Crippen molar-refractivity contribution in [1.82, 2.24) is 0 Å². The highest BCUT2D eigenvalue weighted by atomic mass is 16.7. The fraction of sp³-hybridized carbons (Fsp3) is 0.900. The van der Waals surface area contributed by atoms with E-state index in [2.05, 4.69) is 27.7 Å². The van der Waals surface area contributed by atoms with E-state index in [0.29, 0.717) is 6.42 Å². The van der Waals surface area contributed by atoms with Crippen LogP contribution in [0.25, 0.3) is 0 Å². The Bertz CT molecular complexity index is 347. The molecule has 0 aromatic carbocycles. The van der Waals surface area contributed by atoms with Gasteiger partial charge in [0.25, 0.3) is 0 Å². The maximum Gasteiger partial charge on any atom is 0.454 e. The minimum Gasteiger partial charge on any atom is -0.403 e. The third kappa shape index (κ3) is 16.5. The third-order valence-electron chi connectivity index (χ3n) is 3.42. The van der Waals surface area contributed by atoms with Crippen LogP contribution in [0.3, 0.4) is 0 Å². The molecule has 0 spiro atoms. The van der Waals surface area contributed by atoms with Crippen LogP contribution in [0.1, 0.15) is 90.5 Å². The van der Waals surface area contributed by atoms with Crippen LogP contribution in [0.4, 0.5) is 0 Å². The molecular formula is C20H45BO4. The zero-order chi connectivity index (χ0) is 19.1. The Kier molecular flexibility index (Phi) is 15.2. The zero-order valence-corrected chi connectivity index (χ0v) is 17.1. The van der Waals surface area contributed by atoms with E-state index in [1.807, 2.05) is 48.4 Å². The van der Waals surface area contributed by atoms with Crippen molar-refractivity contribution >= 4 is 19.7 Å². The predicted molar refractivity (Wildman–Crippen MR) is 111 cm³/mol. The third-order valence-corrected chi connectivity index (χ3v) is 3.42. The Hall–Kier alpha value is -0.675. The molecule has 0 N–H and O–H groups in total. The van der Waals surface area contributed by atoms with Crippen molar-refractivity contribution < 1.29 is 18.9 Å². The van der Waals surface area contributed by atoms with Crippen molar-refractivity contribution in [1.29, 1.82) is 0 Å². The number of hydrogen-bond acceptors (Lipinski definition) is 4. The largest absolute Gasteiger partial charge is 0.454 e. The van der Waals surface area contributed by atoms with Crippen LogP contribution in [-0.2, 0) is 18.9 Å². The Labute approximate surface area is 158 Å². The normalized spacial score (nSPS) is 17.5. The first-order valence-corrected chi connectivity index (χ1v) is 8.23. The van der Waals surface area contributed by atoms with Crippen molar-refractivity contribution in [3.05, 3.63) is 0 Å². The minimum absolute atomic E-state index is 0. The topological polar surface area (TPSA) is 52.6 Å². The van der Waals surface area contributed by atoms with Crippen LogP contribution < -0.4 is 0 Å². The lowest BCUT2D eigenvalue weighted by molar-refractivity contribution is -0.114. The molecule has 4 nitrogen and oxygen atoms in total. The van der Waals surface area contributed by atoms with E-state index in [1.165, 1.54) is 0 Å². The van der Waals surface area contributed by atoms with Gasteiger partial charge in [-0.05, 0) is 39.9 Å². The molecule has 5 heteroatoms. The summed E-state index contributed by atoms with van der Waals surface area (Å²) in [4.78, 5) is 19.6. The summed E-state index contributed by atoms with van der Waals surface area (Å²) < 4.78 is 11.1. The standard InChI is InChI=1S/C7H15BO2.C6H12O.C5H10O.2CH4/c1-6(2)7(3,4)10-8(5)9-6;1-6(2,3)4-5-7;1-5(2,3)4-6;;/h1-5H3;5H,4H2,1-3H3;4H,1-3H3;2*1H4. The highest BCUT2D eigenvalue weighted by Gasteiger charge is 2.48. The van der Waals surface area contributed by atoms with Gasteiger partial charge >= 0.3 is 7.12 Å². The molecule has 0 amide bonds. The first kappa shape index (κ1) is 32.0. The molecule has 0 aromatic heterocycles. The van der Waals surface area contributed by atoms with E-state index >= 15 is 0 Å². The molecule has 1 fully saturated rings. The number of carbonyl (C=O) groups excluding carboxylic acids is 2. The van der Waals surface area contributed by atoms with E-state index in [0.717, 1.165) is 12.6 Å². The minimum atomic E-state index is -0.160.